The predicted octanol–water partition coefficient (Wildman–Crippen LogP) is 2.36. The number of carbonyl (C=O) groups is 1. The molecule has 0 aliphatic rings. The van der Waals surface area contributed by atoms with E-state index in [0.29, 0.717) is 10.3 Å². The molecule has 0 N–H and O–H groups in total. The first-order valence-electron chi connectivity index (χ1n) is 6.67. The number of amides is 1. The number of aromatic nitrogens is 1. The molecular weight excluding hydrogens is 228 g/mol. The third-order valence-corrected chi connectivity index (χ3v) is 2.87. The van der Waals surface area contributed by atoms with Crippen LogP contribution in [-0.2, 0) is 0 Å². The maximum Gasteiger partial charge on any atom is 0.259 e. The van der Waals surface area contributed by atoms with Crippen molar-refractivity contribution in [2.75, 3.05) is 13.1 Å². The number of rotatable bonds is 7. The van der Waals surface area contributed by atoms with Crippen molar-refractivity contribution in [2.45, 2.75) is 39.5 Å². The van der Waals surface area contributed by atoms with Gasteiger partial charge in [-0.3, -0.25) is 4.79 Å². The minimum atomic E-state index is -0.0397. The molecule has 0 spiro atoms. The van der Waals surface area contributed by atoms with Crippen LogP contribution < -0.4 is 4.73 Å². The number of nitrogens with zero attached hydrogens (tertiary/aromatic N) is 2. The molecule has 0 atom stereocenters. The summed E-state index contributed by atoms with van der Waals surface area (Å²) in [6.07, 6.45) is 6.85. The van der Waals surface area contributed by atoms with Crippen LogP contribution in [0.15, 0.2) is 24.5 Å². The Morgan fingerprint density at radius 3 is 2.39 bits per heavy atom. The lowest BCUT2D eigenvalue weighted by molar-refractivity contribution is -0.605. The Bertz CT molecular complexity index is 372. The Morgan fingerprint density at radius 2 is 1.89 bits per heavy atom. The SMILES string of the molecule is CCCCN(CCCC)C(=O)c1ccc[n+]([O-])c1. The van der Waals surface area contributed by atoms with Gasteiger partial charge in [-0.05, 0) is 18.9 Å². The monoisotopic (exact) mass is 250 g/mol. The lowest BCUT2D eigenvalue weighted by atomic mass is 10.2. The molecule has 0 bridgehead atoms. The average molecular weight is 250 g/mol. The van der Waals surface area contributed by atoms with E-state index in [2.05, 4.69) is 13.8 Å². The largest absolute Gasteiger partial charge is 0.619 e. The smallest absolute Gasteiger partial charge is 0.259 e. The first-order chi connectivity index (χ1) is 8.69. The minimum Gasteiger partial charge on any atom is -0.619 e. The fraction of sp³-hybridized carbons (Fsp3) is 0.571. The van der Waals surface area contributed by atoms with Crippen molar-refractivity contribution < 1.29 is 9.52 Å². The van der Waals surface area contributed by atoms with Crippen LogP contribution in [0.25, 0.3) is 0 Å². The van der Waals surface area contributed by atoms with Crippen LogP contribution in [-0.4, -0.2) is 23.9 Å². The van der Waals surface area contributed by atoms with Crippen molar-refractivity contribution in [3.8, 4) is 0 Å². The number of unbranched alkanes of at least 4 members (excludes halogenated alkanes) is 2. The van der Waals surface area contributed by atoms with E-state index in [1.807, 2.05) is 4.90 Å². The number of pyridine rings is 1. The van der Waals surface area contributed by atoms with Crippen molar-refractivity contribution in [2.24, 2.45) is 0 Å². The van der Waals surface area contributed by atoms with Gasteiger partial charge in [-0.25, -0.2) is 0 Å². The summed E-state index contributed by atoms with van der Waals surface area (Å²) in [6, 6.07) is 3.31. The van der Waals surface area contributed by atoms with Crippen molar-refractivity contribution in [1.82, 2.24) is 4.90 Å². The third kappa shape index (κ3) is 4.35. The van der Waals surface area contributed by atoms with Crippen LogP contribution in [0, 0.1) is 5.21 Å². The van der Waals surface area contributed by atoms with Gasteiger partial charge >= 0.3 is 0 Å². The summed E-state index contributed by atoms with van der Waals surface area (Å²) in [6.45, 7) is 5.75. The van der Waals surface area contributed by atoms with E-state index in [9.17, 15) is 10.0 Å². The highest BCUT2D eigenvalue weighted by Gasteiger charge is 2.16. The second-order valence-corrected chi connectivity index (χ2v) is 4.45. The third-order valence-electron chi connectivity index (χ3n) is 2.87. The fourth-order valence-corrected chi connectivity index (χ4v) is 1.78. The van der Waals surface area contributed by atoms with Crippen LogP contribution >= 0.6 is 0 Å². The molecule has 1 amide bonds. The second-order valence-electron chi connectivity index (χ2n) is 4.45. The molecule has 1 aromatic heterocycles. The quantitative estimate of drug-likeness (QED) is 0.551. The Labute approximate surface area is 109 Å². The summed E-state index contributed by atoms with van der Waals surface area (Å²) in [5.74, 6) is -0.0397. The Balaban J connectivity index is 2.73. The van der Waals surface area contributed by atoms with E-state index in [0.717, 1.165) is 38.8 Å². The molecule has 1 rings (SSSR count). The molecule has 0 fully saturated rings. The second kappa shape index (κ2) is 7.69. The standard InChI is InChI=1S/C14H22N2O2/c1-3-5-9-15(10-6-4-2)14(17)13-8-7-11-16(18)12-13/h7-8,11-12H,3-6,9-10H2,1-2H3. The van der Waals surface area contributed by atoms with Gasteiger partial charge in [0, 0.05) is 19.2 Å². The van der Waals surface area contributed by atoms with E-state index in [1.54, 1.807) is 12.1 Å². The zero-order chi connectivity index (χ0) is 13.4. The van der Waals surface area contributed by atoms with Crippen LogP contribution in [0.2, 0.25) is 0 Å². The Hall–Kier alpha value is -1.58. The van der Waals surface area contributed by atoms with Crippen LogP contribution in [0.4, 0.5) is 0 Å². The van der Waals surface area contributed by atoms with Crippen molar-refractivity contribution >= 4 is 5.91 Å². The number of hydrogen-bond acceptors (Lipinski definition) is 2. The molecule has 0 unspecified atom stereocenters. The summed E-state index contributed by atoms with van der Waals surface area (Å²) < 4.78 is 0.672. The van der Waals surface area contributed by atoms with Crippen molar-refractivity contribution in [1.29, 1.82) is 0 Å². The van der Waals surface area contributed by atoms with Gasteiger partial charge in [-0.2, -0.15) is 4.73 Å². The van der Waals surface area contributed by atoms with Crippen molar-refractivity contribution in [3.63, 3.8) is 0 Å². The minimum absolute atomic E-state index is 0.0397. The molecule has 4 nitrogen and oxygen atoms in total. The highest BCUT2D eigenvalue weighted by atomic mass is 16.5. The van der Waals surface area contributed by atoms with Gasteiger partial charge in [0.25, 0.3) is 5.91 Å². The maximum atomic E-state index is 12.3. The topological polar surface area (TPSA) is 47.2 Å². The summed E-state index contributed by atoms with van der Waals surface area (Å²) in [5.41, 5.74) is 0.472. The molecule has 100 valence electrons. The Morgan fingerprint density at radius 1 is 1.28 bits per heavy atom. The summed E-state index contributed by atoms with van der Waals surface area (Å²) in [7, 11) is 0. The molecule has 1 heterocycles. The lowest BCUT2D eigenvalue weighted by Crippen LogP contribution is -2.35. The molecule has 0 saturated heterocycles. The summed E-state index contributed by atoms with van der Waals surface area (Å²) >= 11 is 0. The molecule has 0 aliphatic heterocycles. The van der Waals surface area contributed by atoms with Gasteiger partial charge in [0.1, 0.15) is 5.56 Å². The maximum absolute atomic E-state index is 12.3. The van der Waals surface area contributed by atoms with Gasteiger partial charge in [0.05, 0.1) is 0 Å². The van der Waals surface area contributed by atoms with Gasteiger partial charge in [-0.1, -0.05) is 26.7 Å². The average Bonchev–Trinajstić information content (AvgIpc) is 2.38. The van der Waals surface area contributed by atoms with E-state index in [-0.39, 0.29) is 5.91 Å². The van der Waals surface area contributed by atoms with Crippen LogP contribution in [0.5, 0.6) is 0 Å². The van der Waals surface area contributed by atoms with Gasteiger partial charge in [0.2, 0.25) is 0 Å². The van der Waals surface area contributed by atoms with E-state index < -0.39 is 0 Å². The summed E-state index contributed by atoms with van der Waals surface area (Å²) in [4.78, 5) is 14.1. The lowest BCUT2D eigenvalue weighted by Gasteiger charge is -2.22. The molecule has 18 heavy (non-hydrogen) atoms. The normalized spacial score (nSPS) is 10.3. The van der Waals surface area contributed by atoms with Crippen LogP contribution in [0.3, 0.4) is 0 Å². The molecule has 0 saturated carbocycles. The molecule has 0 aromatic carbocycles. The van der Waals surface area contributed by atoms with E-state index in [1.165, 1.54) is 12.4 Å². The van der Waals surface area contributed by atoms with E-state index in [4.69, 9.17) is 0 Å². The molecular formula is C14H22N2O2. The first kappa shape index (κ1) is 14.5. The van der Waals surface area contributed by atoms with E-state index >= 15 is 0 Å². The zero-order valence-corrected chi connectivity index (χ0v) is 11.3. The zero-order valence-electron chi connectivity index (χ0n) is 11.3. The highest BCUT2D eigenvalue weighted by molar-refractivity contribution is 5.93. The van der Waals surface area contributed by atoms with Gasteiger partial charge in [-0.15, -0.1) is 0 Å². The molecule has 4 heteroatoms. The van der Waals surface area contributed by atoms with Crippen molar-refractivity contribution in [3.05, 3.63) is 35.3 Å². The number of hydrogen-bond donors (Lipinski definition) is 0. The predicted molar refractivity (Wildman–Crippen MR) is 71.1 cm³/mol. The number of carbonyl (C=O) groups excluding carboxylic acids is 1. The Kier molecular flexibility index (Phi) is 6.19. The molecule has 0 radical (unpaired) electrons. The van der Waals surface area contributed by atoms with Gasteiger partial charge < -0.3 is 10.1 Å². The van der Waals surface area contributed by atoms with Gasteiger partial charge in [0.15, 0.2) is 12.4 Å². The van der Waals surface area contributed by atoms with Crippen LogP contribution in [0.1, 0.15) is 49.9 Å². The summed E-state index contributed by atoms with van der Waals surface area (Å²) in [5, 5.41) is 11.2. The molecule has 0 aliphatic carbocycles. The molecule has 1 aromatic rings. The fourth-order valence-electron chi connectivity index (χ4n) is 1.78. The highest BCUT2D eigenvalue weighted by Crippen LogP contribution is 2.06. The first-order valence-corrected chi connectivity index (χ1v) is 6.67.